The number of hydrogen-bond donors (Lipinski definition) is 6. The van der Waals surface area contributed by atoms with Crippen LogP contribution in [0.1, 0.15) is 43.6 Å². The van der Waals surface area contributed by atoms with E-state index in [9.17, 15) is 44.1 Å². The van der Waals surface area contributed by atoms with Gasteiger partial charge in [-0.25, -0.2) is 0 Å². The molecule has 0 radical (unpaired) electrons. The molecule has 16 heteroatoms. The molecule has 6 amide bonds. The zero-order valence-electron chi connectivity index (χ0n) is 31.3. The molecule has 0 unspecified atom stereocenters. The summed E-state index contributed by atoms with van der Waals surface area (Å²) in [7, 11) is 4.00. The van der Waals surface area contributed by atoms with E-state index in [1.807, 2.05) is 0 Å². The fraction of sp³-hybridized carbons (Fsp3) is 0.385. The number of nitrogens with zero attached hydrogens (tertiary/aromatic N) is 3. The summed E-state index contributed by atoms with van der Waals surface area (Å²) in [5.41, 5.74) is 1.25. The zero-order chi connectivity index (χ0) is 40.3. The number of aromatic hydroxyl groups is 2. The van der Waals surface area contributed by atoms with Crippen LogP contribution in [0, 0.1) is 0 Å². The molecule has 6 bridgehead atoms. The lowest BCUT2D eigenvalue weighted by atomic mass is 9.96. The van der Waals surface area contributed by atoms with E-state index in [1.165, 1.54) is 96.5 Å². The van der Waals surface area contributed by atoms with Gasteiger partial charge in [-0.2, -0.15) is 0 Å². The summed E-state index contributed by atoms with van der Waals surface area (Å²) in [5.74, 6) is -4.30. The van der Waals surface area contributed by atoms with Crippen LogP contribution >= 0.6 is 0 Å². The van der Waals surface area contributed by atoms with Gasteiger partial charge in [0.05, 0.1) is 0 Å². The highest BCUT2D eigenvalue weighted by molar-refractivity contribution is 5.98. The van der Waals surface area contributed by atoms with Crippen LogP contribution in [0.15, 0.2) is 66.7 Å². The normalized spacial score (nSPS) is 26.0. The minimum Gasteiger partial charge on any atom is -0.508 e. The van der Waals surface area contributed by atoms with Crippen molar-refractivity contribution >= 4 is 35.4 Å². The first-order valence-corrected chi connectivity index (χ1v) is 17.7. The van der Waals surface area contributed by atoms with Crippen LogP contribution < -0.4 is 20.7 Å². The van der Waals surface area contributed by atoms with Crippen LogP contribution in [-0.2, 0) is 41.6 Å². The Hall–Kier alpha value is -6.16. The van der Waals surface area contributed by atoms with E-state index in [4.69, 9.17) is 4.74 Å². The number of nitrogens with one attached hydrogen (secondary N) is 3. The molecule has 6 N–H and O–H groups in total. The molecule has 1 fully saturated rings. The molecule has 0 saturated carbocycles. The maximum Gasteiger partial charge on any atom is 0.248 e. The number of hydrogen-bond acceptors (Lipinski definition) is 10. The Balaban J connectivity index is 1.60. The van der Waals surface area contributed by atoms with Gasteiger partial charge in [-0.15, -0.1) is 0 Å². The molecule has 3 aliphatic rings. The lowest BCUT2D eigenvalue weighted by molar-refractivity contribution is -0.153. The Kier molecular flexibility index (Phi) is 12.0. The lowest BCUT2D eigenvalue weighted by Crippen LogP contribution is -2.62. The van der Waals surface area contributed by atoms with E-state index >= 15 is 0 Å². The van der Waals surface area contributed by atoms with Crippen molar-refractivity contribution in [3.63, 3.8) is 0 Å². The summed E-state index contributed by atoms with van der Waals surface area (Å²) < 4.78 is 5.91. The number of phenols is 2. The third kappa shape index (κ3) is 8.81. The number of amides is 6. The number of aliphatic hydroxyl groups excluding tert-OH is 1. The van der Waals surface area contributed by atoms with Crippen molar-refractivity contribution in [2.75, 3.05) is 21.1 Å². The second-order valence-corrected chi connectivity index (χ2v) is 14.0. The van der Waals surface area contributed by atoms with Gasteiger partial charge in [0.2, 0.25) is 35.4 Å². The van der Waals surface area contributed by atoms with Crippen LogP contribution in [0.5, 0.6) is 23.0 Å². The second kappa shape index (κ2) is 16.5. The smallest absolute Gasteiger partial charge is 0.248 e. The van der Waals surface area contributed by atoms with Gasteiger partial charge >= 0.3 is 0 Å². The summed E-state index contributed by atoms with van der Waals surface area (Å²) in [6, 6.07) is 8.60. The average Bonchev–Trinajstić information content (AvgIpc) is 3.15. The van der Waals surface area contributed by atoms with Gasteiger partial charge in [-0.1, -0.05) is 30.3 Å². The molecule has 6 rings (SSSR count). The van der Waals surface area contributed by atoms with Gasteiger partial charge in [0, 0.05) is 34.0 Å². The first-order valence-electron chi connectivity index (χ1n) is 17.7. The summed E-state index contributed by atoms with van der Waals surface area (Å²) >= 11 is 0. The summed E-state index contributed by atoms with van der Waals surface area (Å²) in [6.07, 6.45) is -1.83. The summed E-state index contributed by atoms with van der Waals surface area (Å²) in [4.78, 5) is 87.2. The molecule has 7 atom stereocenters. The van der Waals surface area contributed by atoms with Crippen molar-refractivity contribution < 1.29 is 48.8 Å². The molecule has 3 aromatic carbocycles. The molecule has 1 saturated heterocycles. The number of likely N-dealkylation sites (N-methyl/N-ethyl adjacent to an activating group) is 3. The van der Waals surface area contributed by atoms with Gasteiger partial charge in [0.1, 0.15) is 53.9 Å². The predicted molar refractivity (Wildman–Crippen MR) is 198 cm³/mol. The molecule has 0 spiro atoms. The van der Waals surface area contributed by atoms with Crippen molar-refractivity contribution in [2.45, 2.75) is 76.0 Å². The lowest BCUT2D eigenvalue weighted by Gasteiger charge is -2.38. The van der Waals surface area contributed by atoms with Crippen molar-refractivity contribution in [1.82, 2.24) is 30.7 Å². The quantitative estimate of drug-likeness (QED) is 0.215. The SMILES string of the molecule is C[C@@H]1NC(=O)[C@H](Cc2ccc(O)cc2)N(C)C(=O)[C@H](C)NC(=O)[C@@H](C)NC(=O)[C@@H]2Cc3ccc(O)c(c3)Oc3ccc(cc3)[C@H](O)[C@@H](C(=O)N2C)N(C)C1=O. The van der Waals surface area contributed by atoms with E-state index < -0.39 is 77.8 Å². The predicted octanol–water partition coefficient (Wildman–Crippen LogP) is 0.731. The topological polar surface area (TPSA) is 218 Å². The van der Waals surface area contributed by atoms with Crippen LogP contribution in [0.4, 0.5) is 0 Å². The van der Waals surface area contributed by atoms with Gasteiger partial charge in [-0.3, -0.25) is 28.8 Å². The number of benzene rings is 3. The van der Waals surface area contributed by atoms with E-state index in [1.54, 1.807) is 12.1 Å². The van der Waals surface area contributed by atoms with E-state index in [2.05, 4.69) is 16.0 Å². The third-order valence-electron chi connectivity index (χ3n) is 10.0. The number of fused-ring (bicyclic) bond motifs is 2. The number of ether oxygens (including phenoxy) is 1. The second-order valence-electron chi connectivity index (χ2n) is 14.0. The van der Waals surface area contributed by atoms with Crippen molar-refractivity contribution in [1.29, 1.82) is 0 Å². The van der Waals surface area contributed by atoms with Gasteiger partial charge in [0.25, 0.3) is 0 Å². The molecule has 3 aromatic rings. The molecule has 3 aliphatic heterocycles. The molecule has 55 heavy (non-hydrogen) atoms. The molecule has 16 nitrogen and oxygen atoms in total. The maximum absolute atomic E-state index is 14.6. The van der Waals surface area contributed by atoms with Crippen LogP contribution in [0.2, 0.25) is 0 Å². The first-order chi connectivity index (χ1) is 26.0. The third-order valence-corrected chi connectivity index (χ3v) is 10.0. The largest absolute Gasteiger partial charge is 0.508 e. The Morgan fingerprint density at radius 1 is 0.673 bits per heavy atom. The Bertz CT molecular complexity index is 1950. The highest BCUT2D eigenvalue weighted by atomic mass is 16.5. The van der Waals surface area contributed by atoms with E-state index in [0.29, 0.717) is 11.1 Å². The maximum atomic E-state index is 14.6. The van der Waals surface area contributed by atoms with E-state index in [-0.39, 0.29) is 41.4 Å². The minimum absolute atomic E-state index is 0.00705. The zero-order valence-corrected chi connectivity index (χ0v) is 31.3. The molecule has 0 aromatic heterocycles. The first kappa shape index (κ1) is 40.0. The Morgan fingerprint density at radius 2 is 1.25 bits per heavy atom. The molecule has 292 valence electrons. The fourth-order valence-electron chi connectivity index (χ4n) is 6.62. The number of aliphatic hydroxyl groups is 1. The van der Waals surface area contributed by atoms with Gasteiger partial charge in [0.15, 0.2) is 11.5 Å². The molecule has 3 heterocycles. The Morgan fingerprint density at radius 3 is 1.89 bits per heavy atom. The van der Waals surface area contributed by atoms with Crippen LogP contribution in [-0.4, -0.2) is 123 Å². The van der Waals surface area contributed by atoms with Crippen LogP contribution in [0.3, 0.4) is 0 Å². The highest BCUT2D eigenvalue weighted by Gasteiger charge is 2.42. The standard InChI is InChI=1S/C39H46N6O10/c1-20-34(49)41-21(2)37(52)43(4)28(17-23-7-12-26(46)13-8-23)36(51)42-22(3)38(53)45(6)32-33(48)25-10-14-27(15-11-25)55-31-19-24(9-16-30(31)47)18-29(35(50)40-20)44(5)39(32)54/h7-16,19-22,28-29,32-33,46-48H,17-18H2,1-6H3,(H,40,50)(H,41,49)(H,42,51)/t20-,21+,22+,28+,29+,32+,33+/m1/s1. The van der Waals surface area contributed by atoms with Gasteiger partial charge in [-0.05, 0) is 73.9 Å². The summed E-state index contributed by atoms with van der Waals surface area (Å²) in [6.45, 7) is 4.22. The average molecular weight is 759 g/mol. The van der Waals surface area contributed by atoms with Crippen molar-refractivity contribution in [3.8, 4) is 23.0 Å². The minimum atomic E-state index is -1.65. The summed E-state index contributed by atoms with van der Waals surface area (Å²) in [5, 5.41) is 40.0. The number of carbonyl (C=O) groups excluding carboxylic acids is 6. The highest BCUT2D eigenvalue weighted by Crippen LogP contribution is 2.34. The van der Waals surface area contributed by atoms with E-state index in [0.717, 1.165) is 14.7 Å². The fourth-order valence-corrected chi connectivity index (χ4v) is 6.62. The number of rotatable bonds is 2. The number of phenolic OH excluding ortho intramolecular Hbond substituents is 2. The Labute approximate surface area is 318 Å². The molecular formula is C39H46N6O10. The van der Waals surface area contributed by atoms with Gasteiger partial charge < -0.3 is 50.7 Å². The van der Waals surface area contributed by atoms with Crippen molar-refractivity contribution in [3.05, 3.63) is 83.4 Å². The monoisotopic (exact) mass is 758 g/mol. The van der Waals surface area contributed by atoms with Crippen LogP contribution in [0.25, 0.3) is 0 Å². The van der Waals surface area contributed by atoms with Crippen molar-refractivity contribution in [2.24, 2.45) is 0 Å². The number of carbonyl (C=O) groups is 6. The molecular weight excluding hydrogens is 712 g/mol. The molecule has 0 aliphatic carbocycles.